The van der Waals surface area contributed by atoms with E-state index in [2.05, 4.69) is 317 Å². The topological polar surface area (TPSA) is 245 Å². The molecule has 0 atom stereocenters. The van der Waals surface area contributed by atoms with E-state index in [0.717, 1.165) is 220 Å². The molecular formula is C116H101N19. The minimum absolute atomic E-state index is 0.737. The van der Waals surface area contributed by atoms with Crippen LogP contribution in [0.2, 0.25) is 0 Å². The molecule has 5 aromatic carbocycles. The highest BCUT2D eigenvalue weighted by Gasteiger charge is 2.18. The molecule has 15 heterocycles. The number of pyridine rings is 11. The van der Waals surface area contributed by atoms with E-state index in [1.165, 1.54) is 33.4 Å². The van der Waals surface area contributed by atoms with Crippen LogP contribution in [0.4, 0.5) is 0 Å². The highest BCUT2D eigenvalue weighted by molar-refractivity contribution is 5.82. The Labute approximate surface area is 788 Å². The van der Waals surface area contributed by atoms with Crippen molar-refractivity contribution in [1.82, 2.24) is 94.7 Å². The van der Waals surface area contributed by atoms with E-state index in [4.69, 9.17) is 24.9 Å². The predicted octanol–water partition coefficient (Wildman–Crippen LogP) is 26.6. The zero-order valence-corrected chi connectivity index (χ0v) is 78.3. The van der Waals surface area contributed by atoms with Gasteiger partial charge in [0.1, 0.15) is 23.3 Å². The third-order valence-corrected chi connectivity index (χ3v) is 22.5. The van der Waals surface area contributed by atoms with Crippen LogP contribution in [0, 0.1) is 104 Å². The Morgan fingerprint density at radius 2 is 0.296 bits per heavy atom. The van der Waals surface area contributed by atoms with E-state index < -0.39 is 0 Å². The summed E-state index contributed by atoms with van der Waals surface area (Å²) in [5.74, 6) is 2.96. The average molecular weight is 1760 g/mol. The van der Waals surface area contributed by atoms with E-state index in [1.807, 2.05) is 161 Å². The van der Waals surface area contributed by atoms with Crippen LogP contribution in [-0.4, -0.2) is 94.7 Å². The molecule has 0 bridgehead atoms. The number of hydrogen-bond acceptors (Lipinski definition) is 19. The molecule has 0 amide bonds. The lowest BCUT2D eigenvalue weighted by Gasteiger charge is -2.10. The van der Waals surface area contributed by atoms with Gasteiger partial charge in [-0.2, -0.15) is 0 Å². The first-order valence-corrected chi connectivity index (χ1v) is 44.6. The summed E-state index contributed by atoms with van der Waals surface area (Å²) < 4.78 is 0. The lowest BCUT2D eigenvalue weighted by atomic mass is 10.00. The quantitative estimate of drug-likeness (QED) is 0.0925. The number of benzene rings is 5. The van der Waals surface area contributed by atoms with Crippen LogP contribution in [0.5, 0.6) is 0 Å². The van der Waals surface area contributed by atoms with Crippen molar-refractivity contribution in [3.8, 4) is 168 Å². The summed E-state index contributed by atoms with van der Waals surface area (Å²) in [4.78, 5) is 85.7. The van der Waals surface area contributed by atoms with E-state index in [1.54, 1.807) is 37.2 Å². The molecule has 20 aromatic rings. The maximum absolute atomic E-state index is 4.92. The van der Waals surface area contributed by atoms with Crippen LogP contribution < -0.4 is 0 Å². The van der Waals surface area contributed by atoms with E-state index in [0.29, 0.717) is 0 Å². The van der Waals surface area contributed by atoms with E-state index in [-0.39, 0.29) is 0 Å². The minimum atomic E-state index is 0.737. The van der Waals surface area contributed by atoms with Crippen LogP contribution in [0.3, 0.4) is 0 Å². The van der Waals surface area contributed by atoms with Crippen molar-refractivity contribution in [1.29, 1.82) is 0 Å². The molecule has 660 valence electrons. The van der Waals surface area contributed by atoms with Gasteiger partial charge in [0.2, 0.25) is 0 Å². The lowest BCUT2D eigenvalue weighted by Crippen LogP contribution is -1.95. The third-order valence-electron chi connectivity index (χ3n) is 22.5. The fraction of sp³-hybridized carbons (Fsp3) is 0.129. The summed E-state index contributed by atoms with van der Waals surface area (Å²) in [5.41, 5.74) is 41.7. The number of nitrogens with zero attached hydrogens (tertiary/aromatic N) is 19. The van der Waals surface area contributed by atoms with Gasteiger partial charge in [-0.15, -0.1) is 0 Å². The van der Waals surface area contributed by atoms with Crippen molar-refractivity contribution in [3.05, 3.63) is 427 Å². The minimum Gasteiger partial charge on any atom is -0.261 e. The summed E-state index contributed by atoms with van der Waals surface area (Å²) in [7, 11) is 0. The second kappa shape index (κ2) is 42.3. The Kier molecular flexibility index (Phi) is 28.6. The summed E-state index contributed by atoms with van der Waals surface area (Å²) in [5, 5.41) is 0. The molecular weight excluding hydrogens is 1660 g/mol. The lowest BCUT2D eigenvalue weighted by molar-refractivity contribution is 1.05. The predicted molar refractivity (Wildman–Crippen MR) is 543 cm³/mol. The molecule has 0 aliphatic heterocycles. The van der Waals surface area contributed by atoms with Gasteiger partial charge >= 0.3 is 0 Å². The maximum Gasteiger partial charge on any atom is 0.125 e. The van der Waals surface area contributed by atoms with Gasteiger partial charge in [-0.1, -0.05) is 167 Å². The summed E-state index contributed by atoms with van der Waals surface area (Å²) in [6, 6.07) is 87.9. The molecule has 0 fully saturated rings. The first kappa shape index (κ1) is 91.4. The largest absolute Gasteiger partial charge is 0.261 e. The van der Waals surface area contributed by atoms with E-state index >= 15 is 0 Å². The third kappa shape index (κ3) is 24.2. The zero-order chi connectivity index (χ0) is 94.0. The highest BCUT2D eigenvalue weighted by atomic mass is 14.9. The molecule has 0 spiro atoms. The van der Waals surface area contributed by atoms with Crippen molar-refractivity contribution in [2.24, 2.45) is 0 Å². The smallest absolute Gasteiger partial charge is 0.125 e. The fourth-order valence-corrected chi connectivity index (χ4v) is 14.5. The van der Waals surface area contributed by atoms with Gasteiger partial charge in [0.25, 0.3) is 0 Å². The first-order valence-electron chi connectivity index (χ1n) is 44.6. The Balaban J connectivity index is 0.000000123. The zero-order valence-electron chi connectivity index (χ0n) is 78.3. The van der Waals surface area contributed by atoms with Gasteiger partial charge < -0.3 is 0 Å². The molecule has 0 N–H and O–H groups in total. The van der Waals surface area contributed by atoms with Gasteiger partial charge in [0.15, 0.2) is 0 Å². The van der Waals surface area contributed by atoms with Gasteiger partial charge in [-0.25, -0.2) is 64.8 Å². The molecule has 15 aromatic heterocycles. The molecule has 0 aliphatic carbocycles. The van der Waals surface area contributed by atoms with Crippen LogP contribution in [0.15, 0.2) is 342 Å². The Morgan fingerprint density at radius 3 is 0.541 bits per heavy atom. The number of aryl methyl sites for hydroxylation is 15. The standard InChI is InChI=1S/3C24H21N3.2C22H19N5/c1-16-4-8-19(9-5-16)23-12-22(20-10-6-17(2)25-14-20)13-24(27-23)21-11-7-18(3)26-15-21;1-16-4-8-19(9-5-16)22-12-23(20-10-6-17(2)25-14-20)27-24(13-22)21-11-7-18(3)26-15-21;1-16-4-8-19(9-5-16)20-12-23(21-10-6-17(2)14-25-21)27-24(13-20)22-11-7-18(3)15-26-22;1-14-4-6-17(7-5-14)21-8-18(19-10-23-15(2)24-11-19)9-22(27-21)20-12-25-16(3)26-13-20;1-14-4-6-17(7-5-14)18-8-21(19-10-23-15(2)24-11-19)27-22(9-18)20-12-25-16(3)26-13-20/h3*4-15H,1-3H3;2*4-13H,1-3H3. The second-order valence-corrected chi connectivity index (χ2v) is 33.7. The molecule has 0 radical (unpaired) electrons. The van der Waals surface area contributed by atoms with Crippen LogP contribution in [0.1, 0.15) is 85.0 Å². The summed E-state index contributed by atoms with van der Waals surface area (Å²) in [6.07, 6.45) is 25.8. The highest BCUT2D eigenvalue weighted by Crippen LogP contribution is 2.37. The molecule has 0 saturated heterocycles. The van der Waals surface area contributed by atoms with Crippen molar-refractivity contribution in [2.75, 3.05) is 0 Å². The molecule has 20 rings (SSSR count). The van der Waals surface area contributed by atoms with Gasteiger partial charge in [-0.05, 0) is 275 Å². The SMILES string of the molecule is Cc1ccc(-c2cc(-c3ccc(C)cn3)nc(-c3ccc(C)cn3)c2)cc1.Cc1ccc(-c2cc(-c3ccc(C)nc3)cc(-c3ccc(C)nc3)n2)cc1.Cc1ccc(-c2cc(-c3ccc(C)nc3)nc(-c3ccc(C)nc3)c2)cc1.Cc1ccc(-c2cc(-c3cnc(C)nc3)cc(-c3cnc(C)nc3)n2)cc1.Cc1ccc(-c2cc(-c3cnc(C)nc3)nc(-c3cnc(C)nc3)c2)cc1. The van der Waals surface area contributed by atoms with Gasteiger partial charge in [0.05, 0.1) is 68.3 Å². The van der Waals surface area contributed by atoms with Gasteiger partial charge in [-0.3, -0.25) is 29.9 Å². The molecule has 0 saturated carbocycles. The summed E-state index contributed by atoms with van der Waals surface area (Å²) >= 11 is 0. The number of rotatable bonds is 15. The van der Waals surface area contributed by atoms with Crippen molar-refractivity contribution in [2.45, 2.75) is 104 Å². The Bertz CT molecular complexity index is 5610. The Hall–Kier alpha value is -16.9. The number of hydrogen-bond donors (Lipinski definition) is 0. The second-order valence-electron chi connectivity index (χ2n) is 33.7. The summed E-state index contributed by atoms with van der Waals surface area (Å²) in [6.45, 7) is 30.0. The number of aromatic nitrogens is 19. The van der Waals surface area contributed by atoms with Crippen LogP contribution in [-0.2, 0) is 0 Å². The Morgan fingerprint density at radius 1 is 0.111 bits per heavy atom. The van der Waals surface area contributed by atoms with Crippen molar-refractivity contribution in [3.63, 3.8) is 0 Å². The molecule has 0 aliphatic rings. The molecule has 135 heavy (non-hydrogen) atoms. The van der Waals surface area contributed by atoms with Gasteiger partial charge in [0, 0.05) is 165 Å². The fourth-order valence-electron chi connectivity index (χ4n) is 14.5. The molecule has 0 unspecified atom stereocenters. The maximum atomic E-state index is 4.92. The molecule has 19 heteroatoms. The van der Waals surface area contributed by atoms with Crippen LogP contribution >= 0.6 is 0 Å². The van der Waals surface area contributed by atoms with Crippen molar-refractivity contribution >= 4 is 0 Å². The van der Waals surface area contributed by atoms with Crippen molar-refractivity contribution < 1.29 is 0 Å². The van der Waals surface area contributed by atoms with Crippen LogP contribution in [0.25, 0.3) is 168 Å². The first-order chi connectivity index (χ1) is 65.4. The molecule has 19 nitrogen and oxygen atoms in total. The average Bonchev–Trinajstić information content (AvgIpc) is 0.816. The van der Waals surface area contributed by atoms with E-state index in [9.17, 15) is 0 Å². The monoisotopic (exact) mass is 1760 g/mol. The normalized spacial score (nSPS) is 10.8.